The third-order valence-electron chi connectivity index (χ3n) is 11.8. The highest BCUT2D eigenvalue weighted by molar-refractivity contribution is 5.71. The summed E-state index contributed by atoms with van der Waals surface area (Å²) in [5.74, 6) is -0.0659. The molecule has 0 fully saturated rings. The molecule has 0 unspecified atom stereocenters. The van der Waals surface area contributed by atoms with Crippen molar-refractivity contribution in [2.45, 2.75) is 297 Å². The Bertz CT molecular complexity index is 872. The topological polar surface area (TPSA) is 78.9 Å². The molecular formula is C52H100O6. The van der Waals surface area contributed by atoms with E-state index in [0.717, 1.165) is 63.7 Å². The van der Waals surface area contributed by atoms with Gasteiger partial charge in [-0.2, -0.15) is 0 Å². The van der Waals surface area contributed by atoms with Crippen LogP contribution in [0.2, 0.25) is 0 Å². The van der Waals surface area contributed by atoms with Crippen LogP contribution in [0.3, 0.4) is 0 Å². The zero-order chi connectivity index (χ0) is 42.4. The summed E-state index contributed by atoms with van der Waals surface area (Å²) in [6.45, 7) is 8.98. The second kappa shape index (κ2) is 46.5. The van der Waals surface area contributed by atoms with E-state index in [2.05, 4.69) is 27.7 Å². The molecule has 0 aromatic heterocycles. The maximum Gasteiger partial charge on any atom is 0.306 e. The largest absolute Gasteiger partial charge is 0.462 e. The third-order valence-corrected chi connectivity index (χ3v) is 11.8. The smallest absolute Gasteiger partial charge is 0.306 e. The Morgan fingerprint density at radius 2 is 0.569 bits per heavy atom. The minimum atomic E-state index is -0.760. The average molecular weight is 821 g/mol. The molecule has 0 amide bonds. The van der Waals surface area contributed by atoms with Crippen molar-refractivity contribution in [1.82, 2.24) is 0 Å². The van der Waals surface area contributed by atoms with Crippen LogP contribution in [0.5, 0.6) is 0 Å². The number of esters is 3. The van der Waals surface area contributed by atoms with Gasteiger partial charge >= 0.3 is 17.9 Å². The van der Waals surface area contributed by atoms with Gasteiger partial charge in [-0.15, -0.1) is 0 Å². The Balaban J connectivity index is 4.28. The van der Waals surface area contributed by atoms with Gasteiger partial charge < -0.3 is 14.2 Å². The Hall–Kier alpha value is -1.59. The summed E-state index contributed by atoms with van der Waals surface area (Å²) in [6.07, 6.45) is 48.1. The molecule has 0 heterocycles. The van der Waals surface area contributed by atoms with Crippen molar-refractivity contribution >= 4 is 17.9 Å². The molecule has 58 heavy (non-hydrogen) atoms. The highest BCUT2D eigenvalue weighted by Gasteiger charge is 2.19. The number of rotatable bonds is 47. The first-order chi connectivity index (χ1) is 28.4. The fourth-order valence-electron chi connectivity index (χ4n) is 7.86. The van der Waals surface area contributed by atoms with Gasteiger partial charge in [-0.1, -0.05) is 252 Å². The molecule has 1 atom stereocenters. The fraction of sp³-hybridized carbons (Fsp3) is 0.942. The molecule has 0 rings (SSSR count). The van der Waals surface area contributed by atoms with Gasteiger partial charge in [0.1, 0.15) is 13.2 Å². The van der Waals surface area contributed by atoms with Crippen molar-refractivity contribution < 1.29 is 28.6 Å². The molecule has 0 spiro atoms. The molecule has 0 aromatic rings. The van der Waals surface area contributed by atoms with E-state index >= 15 is 0 Å². The summed E-state index contributed by atoms with van der Waals surface area (Å²) in [5.41, 5.74) is 0. The maximum atomic E-state index is 12.8. The van der Waals surface area contributed by atoms with Gasteiger partial charge in [0, 0.05) is 19.3 Å². The lowest BCUT2D eigenvalue weighted by Gasteiger charge is -2.18. The van der Waals surface area contributed by atoms with Crippen molar-refractivity contribution in [3.8, 4) is 0 Å². The zero-order valence-electron chi connectivity index (χ0n) is 39.5. The summed E-state index contributed by atoms with van der Waals surface area (Å²) in [7, 11) is 0. The number of hydrogen-bond donors (Lipinski definition) is 0. The van der Waals surface area contributed by atoms with Gasteiger partial charge in [-0.3, -0.25) is 14.4 Å². The first-order valence-corrected chi connectivity index (χ1v) is 25.9. The summed E-state index contributed by atoms with van der Waals surface area (Å²) < 4.78 is 16.8. The fourth-order valence-corrected chi connectivity index (χ4v) is 7.86. The summed E-state index contributed by atoms with van der Waals surface area (Å²) in [5, 5.41) is 0. The molecule has 0 saturated heterocycles. The summed E-state index contributed by atoms with van der Waals surface area (Å²) in [4.78, 5) is 37.9. The van der Waals surface area contributed by atoms with Crippen molar-refractivity contribution in [3.05, 3.63) is 0 Å². The lowest BCUT2D eigenvalue weighted by molar-refractivity contribution is -0.167. The Morgan fingerprint density at radius 1 is 0.328 bits per heavy atom. The molecule has 0 radical (unpaired) electrons. The van der Waals surface area contributed by atoms with Crippen LogP contribution in [0.4, 0.5) is 0 Å². The molecular weight excluding hydrogens is 721 g/mol. The lowest BCUT2D eigenvalue weighted by Crippen LogP contribution is -2.30. The molecule has 0 aliphatic rings. The molecule has 0 N–H and O–H groups in total. The highest BCUT2D eigenvalue weighted by atomic mass is 16.6. The monoisotopic (exact) mass is 821 g/mol. The van der Waals surface area contributed by atoms with Gasteiger partial charge in [0.15, 0.2) is 6.10 Å². The second-order valence-corrected chi connectivity index (χ2v) is 18.3. The lowest BCUT2D eigenvalue weighted by atomic mass is 10.0. The number of ether oxygens (including phenoxy) is 3. The maximum absolute atomic E-state index is 12.8. The van der Waals surface area contributed by atoms with E-state index in [-0.39, 0.29) is 31.1 Å². The van der Waals surface area contributed by atoms with Crippen molar-refractivity contribution in [2.24, 2.45) is 5.92 Å². The summed E-state index contributed by atoms with van der Waals surface area (Å²) in [6, 6.07) is 0. The molecule has 0 aliphatic heterocycles. The Kier molecular flexibility index (Phi) is 45.2. The average Bonchev–Trinajstić information content (AvgIpc) is 3.21. The molecule has 6 nitrogen and oxygen atoms in total. The summed E-state index contributed by atoms with van der Waals surface area (Å²) >= 11 is 0. The molecule has 0 aliphatic carbocycles. The molecule has 344 valence electrons. The molecule has 6 heteroatoms. The van der Waals surface area contributed by atoms with Gasteiger partial charge in [-0.25, -0.2) is 0 Å². The van der Waals surface area contributed by atoms with Crippen LogP contribution in [0.25, 0.3) is 0 Å². The van der Waals surface area contributed by atoms with Crippen LogP contribution in [-0.4, -0.2) is 37.2 Å². The first kappa shape index (κ1) is 56.4. The van der Waals surface area contributed by atoms with E-state index in [9.17, 15) is 14.4 Å². The van der Waals surface area contributed by atoms with E-state index in [1.54, 1.807) is 0 Å². The van der Waals surface area contributed by atoms with Crippen LogP contribution >= 0.6 is 0 Å². The van der Waals surface area contributed by atoms with Crippen molar-refractivity contribution in [1.29, 1.82) is 0 Å². The van der Waals surface area contributed by atoms with Crippen LogP contribution in [-0.2, 0) is 28.6 Å². The van der Waals surface area contributed by atoms with E-state index in [1.165, 1.54) is 186 Å². The quantitative estimate of drug-likeness (QED) is 0.0346. The molecule has 0 saturated carbocycles. The number of carbonyl (C=O) groups is 3. The van der Waals surface area contributed by atoms with Gasteiger partial charge in [0.05, 0.1) is 0 Å². The van der Waals surface area contributed by atoms with Crippen LogP contribution in [0.1, 0.15) is 291 Å². The number of hydrogen-bond acceptors (Lipinski definition) is 6. The van der Waals surface area contributed by atoms with Crippen LogP contribution in [0, 0.1) is 5.92 Å². The predicted molar refractivity (Wildman–Crippen MR) is 247 cm³/mol. The highest BCUT2D eigenvalue weighted by Crippen LogP contribution is 2.17. The van der Waals surface area contributed by atoms with Gasteiger partial charge in [-0.05, 0) is 25.2 Å². The number of unbranched alkanes of at least 4 members (excludes halogenated alkanes) is 34. The van der Waals surface area contributed by atoms with Crippen molar-refractivity contribution in [3.63, 3.8) is 0 Å². The van der Waals surface area contributed by atoms with Crippen LogP contribution in [0.15, 0.2) is 0 Å². The molecule has 0 aromatic carbocycles. The third kappa shape index (κ3) is 45.5. The Labute approximate surface area is 361 Å². The van der Waals surface area contributed by atoms with Crippen LogP contribution < -0.4 is 0 Å². The van der Waals surface area contributed by atoms with E-state index in [0.29, 0.717) is 19.3 Å². The standard InChI is InChI=1S/C52H100O6/c1-5-7-9-11-13-15-17-19-20-21-22-24-26-28-32-37-41-45-52(55)58-49(47-57-51(54)44-40-36-33-29-30-34-38-42-48(3)4)46-56-50(53)43-39-35-31-27-25-23-18-16-14-12-10-8-6-2/h48-49H,5-47H2,1-4H3/t49-/m1/s1. The molecule has 0 bridgehead atoms. The predicted octanol–water partition coefficient (Wildman–Crippen LogP) is 16.7. The van der Waals surface area contributed by atoms with Crippen molar-refractivity contribution in [2.75, 3.05) is 13.2 Å². The zero-order valence-corrected chi connectivity index (χ0v) is 39.5. The van der Waals surface area contributed by atoms with E-state index < -0.39 is 6.10 Å². The van der Waals surface area contributed by atoms with Gasteiger partial charge in [0.25, 0.3) is 0 Å². The Morgan fingerprint density at radius 3 is 0.845 bits per heavy atom. The minimum Gasteiger partial charge on any atom is -0.462 e. The minimum absolute atomic E-state index is 0.0633. The first-order valence-electron chi connectivity index (χ1n) is 25.9. The number of carbonyl (C=O) groups excluding carboxylic acids is 3. The normalized spacial score (nSPS) is 11.9. The second-order valence-electron chi connectivity index (χ2n) is 18.3. The van der Waals surface area contributed by atoms with E-state index in [1.807, 2.05) is 0 Å². The SMILES string of the molecule is CCCCCCCCCCCCCCCCCCCC(=O)O[C@H](COC(=O)CCCCCCCCCCCCCCC)COC(=O)CCCCCCCCCC(C)C. The van der Waals surface area contributed by atoms with E-state index in [4.69, 9.17) is 14.2 Å². The van der Waals surface area contributed by atoms with Gasteiger partial charge in [0.2, 0.25) is 0 Å².